The number of aromatic nitrogens is 1. The van der Waals surface area contributed by atoms with E-state index in [1.807, 2.05) is 19.9 Å². The van der Waals surface area contributed by atoms with Crippen molar-refractivity contribution in [3.05, 3.63) is 41.5 Å². The summed E-state index contributed by atoms with van der Waals surface area (Å²) in [4.78, 5) is 4.61. The van der Waals surface area contributed by atoms with Crippen LogP contribution >= 0.6 is 11.8 Å². The summed E-state index contributed by atoms with van der Waals surface area (Å²) >= 11 is 1.16. The lowest BCUT2D eigenvalue weighted by Crippen LogP contribution is -2.07. The second-order valence-corrected chi connectivity index (χ2v) is 4.77. The first kappa shape index (κ1) is 12.1. The molecule has 1 atom stereocenters. The number of halogens is 1. The molecule has 3 nitrogen and oxygen atoms in total. The fraction of sp³-hybridized carbons (Fsp3) is 0.250. The largest absolute Gasteiger partial charge is 0.439 e. The number of nitrogens with two attached hydrogens (primary N) is 1. The van der Waals surface area contributed by atoms with Gasteiger partial charge in [0, 0.05) is 6.04 Å². The van der Waals surface area contributed by atoms with E-state index in [1.165, 1.54) is 12.3 Å². The van der Waals surface area contributed by atoms with E-state index < -0.39 is 0 Å². The monoisotopic (exact) mass is 252 g/mol. The predicted molar refractivity (Wildman–Crippen MR) is 64.4 cm³/mol. The van der Waals surface area contributed by atoms with Gasteiger partial charge in [0.1, 0.15) is 12.1 Å². The number of nitrogens with zero attached hydrogens (tertiary/aromatic N) is 1. The van der Waals surface area contributed by atoms with Crippen molar-refractivity contribution in [1.29, 1.82) is 0 Å². The van der Waals surface area contributed by atoms with Crippen LogP contribution < -0.4 is 5.73 Å². The summed E-state index contributed by atoms with van der Waals surface area (Å²) < 4.78 is 19.0. The van der Waals surface area contributed by atoms with Crippen LogP contribution in [-0.2, 0) is 0 Å². The normalized spacial score (nSPS) is 12.7. The molecular formula is C12H13FN2OS. The molecule has 0 aliphatic carbocycles. The summed E-state index contributed by atoms with van der Waals surface area (Å²) in [5.41, 5.74) is 7.34. The number of rotatable bonds is 3. The van der Waals surface area contributed by atoms with E-state index in [1.54, 1.807) is 6.07 Å². The SMILES string of the molecule is Cc1coc(Sc2c(F)cccc2[C@H](C)N)n1. The molecule has 0 aliphatic rings. The molecule has 1 aromatic carbocycles. The van der Waals surface area contributed by atoms with Crippen LogP contribution in [-0.4, -0.2) is 4.98 Å². The van der Waals surface area contributed by atoms with E-state index >= 15 is 0 Å². The van der Waals surface area contributed by atoms with Crippen LogP contribution in [0.3, 0.4) is 0 Å². The fourth-order valence-electron chi connectivity index (χ4n) is 1.46. The van der Waals surface area contributed by atoms with Gasteiger partial charge in [-0.25, -0.2) is 9.37 Å². The molecule has 0 bridgehead atoms. The molecule has 90 valence electrons. The summed E-state index contributed by atoms with van der Waals surface area (Å²) in [5, 5.41) is 0.425. The van der Waals surface area contributed by atoms with E-state index in [4.69, 9.17) is 10.2 Å². The molecule has 2 N–H and O–H groups in total. The Kier molecular flexibility index (Phi) is 3.49. The summed E-state index contributed by atoms with van der Waals surface area (Å²) in [6, 6.07) is 4.64. The number of hydrogen-bond donors (Lipinski definition) is 1. The van der Waals surface area contributed by atoms with Gasteiger partial charge < -0.3 is 10.2 Å². The number of aryl methyl sites for hydroxylation is 1. The van der Waals surface area contributed by atoms with Crippen molar-refractivity contribution in [2.45, 2.75) is 30.0 Å². The van der Waals surface area contributed by atoms with Crippen LogP contribution in [0, 0.1) is 12.7 Å². The highest BCUT2D eigenvalue weighted by Gasteiger charge is 2.15. The van der Waals surface area contributed by atoms with Gasteiger partial charge in [0.25, 0.3) is 5.22 Å². The molecule has 0 spiro atoms. The summed E-state index contributed by atoms with van der Waals surface area (Å²) in [5.74, 6) is -0.305. The van der Waals surface area contributed by atoms with Crippen LogP contribution in [0.4, 0.5) is 4.39 Å². The molecule has 2 rings (SSSR count). The maximum absolute atomic E-state index is 13.8. The molecule has 0 saturated heterocycles. The van der Waals surface area contributed by atoms with Crippen molar-refractivity contribution in [2.75, 3.05) is 0 Å². The van der Waals surface area contributed by atoms with Crippen LogP contribution in [0.15, 0.2) is 39.0 Å². The topological polar surface area (TPSA) is 52.0 Å². The average molecular weight is 252 g/mol. The van der Waals surface area contributed by atoms with Crippen molar-refractivity contribution in [2.24, 2.45) is 5.73 Å². The Balaban J connectivity index is 2.37. The minimum absolute atomic E-state index is 0.232. The van der Waals surface area contributed by atoms with Crippen molar-refractivity contribution in [1.82, 2.24) is 4.98 Å². The van der Waals surface area contributed by atoms with Gasteiger partial charge in [0.15, 0.2) is 0 Å². The minimum Gasteiger partial charge on any atom is -0.439 e. The fourth-order valence-corrected chi connectivity index (χ4v) is 2.46. The summed E-state index contributed by atoms with van der Waals surface area (Å²) in [6.07, 6.45) is 1.54. The van der Waals surface area contributed by atoms with Crippen molar-refractivity contribution in [3.63, 3.8) is 0 Å². The van der Waals surface area contributed by atoms with Crippen molar-refractivity contribution >= 4 is 11.8 Å². The zero-order valence-corrected chi connectivity index (χ0v) is 10.4. The van der Waals surface area contributed by atoms with E-state index in [0.717, 1.165) is 23.0 Å². The first-order chi connectivity index (χ1) is 8.08. The Labute approximate surface area is 103 Å². The molecule has 0 unspecified atom stereocenters. The zero-order valence-electron chi connectivity index (χ0n) is 9.61. The van der Waals surface area contributed by atoms with Crippen LogP contribution in [0.25, 0.3) is 0 Å². The van der Waals surface area contributed by atoms with E-state index in [9.17, 15) is 4.39 Å². The average Bonchev–Trinajstić information content (AvgIpc) is 2.67. The standard InChI is InChI=1S/C12H13FN2OS/c1-7-6-16-12(15-7)17-11-9(8(2)14)4-3-5-10(11)13/h3-6,8H,14H2,1-2H3/t8-/m0/s1. The van der Waals surface area contributed by atoms with Crippen LogP contribution in [0.2, 0.25) is 0 Å². The first-order valence-corrected chi connectivity index (χ1v) is 6.03. The van der Waals surface area contributed by atoms with Gasteiger partial charge in [-0.1, -0.05) is 12.1 Å². The minimum atomic E-state index is -0.305. The molecule has 0 aliphatic heterocycles. The van der Waals surface area contributed by atoms with Gasteiger partial charge in [-0.2, -0.15) is 0 Å². The lowest BCUT2D eigenvalue weighted by Gasteiger charge is -2.11. The Morgan fingerprint density at radius 3 is 2.82 bits per heavy atom. The summed E-state index contributed by atoms with van der Waals surface area (Å²) in [7, 11) is 0. The molecule has 0 saturated carbocycles. The first-order valence-electron chi connectivity index (χ1n) is 5.22. The third kappa shape index (κ3) is 2.68. The quantitative estimate of drug-likeness (QED) is 0.910. The third-order valence-electron chi connectivity index (χ3n) is 2.28. The molecule has 5 heteroatoms. The van der Waals surface area contributed by atoms with Gasteiger partial charge in [0.05, 0.1) is 10.6 Å². The highest BCUT2D eigenvalue weighted by molar-refractivity contribution is 7.99. The molecule has 2 aromatic rings. The second kappa shape index (κ2) is 4.89. The molecule has 1 heterocycles. The van der Waals surface area contributed by atoms with Gasteiger partial charge in [-0.05, 0) is 37.2 Å². The number of benzene rings is 1. The van der Waals surface area contributed by atoms with Gasteiger partial charge in [0.2, 0.25) is 0 Å². The second-order valence-electron chi connectivity index (χ2n) is 3.80. The number of hydrogen-bond acceptors (Lipinski definition) is 4. The summed E-state index contributed by atoms with van der Waals surface area (Å²) in [6.45, 7) is 3.64. The maximum atomic E-state index is 13.8. The third-order valence-corrected chi connectivity index (χ3v) is 3.27. The Bertz CT molecular complexity index is 525. The van der Waals surface area contributed by atoms with Crippen LogP contribution in [0.5, 0.6) is 0 Å². The highest BCUT2D eigenvalue weighted by atomic mass is 32.2. The van der Waals surface area contributed by atoms with Gasteiger partial charge in [-0.3, -0.25) is 0 Å². The van der Waals surface area contributed by atoms with Gasteiger partial charge in [-0.15, -0.1) is 0 Å². The smallest absolute Gasteiger partial charge is 0.260 e. The van der Waals surface area contributed by atoms with E-state index in [2.05, 4.69) is 4.98 Å². The highest BCUT2D eigenvalue weighted by Crippen LogP contribution is 2.34. The molecule has 0 radical (unpaired) electrons. The predicted octanol–water partition coefficient (Wildman–Crippen LogP) is 3.29. The Hall–Kier alpha value is -1.33. The molecule has 1 aromatic heterocycles. The zero-order chi connectivity index (χ0) is 12.4. The van der Waals surface area contributed by atoms with Gasteiger partial charge >= 0.3 is 0 Å². The van der Waals surface area contributed by atoms with Crippen molar-refractivity contribution < 1.29 is 8.81 Å². The molecular weight excluding hydrogens is 239 g/mol. The van der Waals surface area contributed by atoms with Crippen molar-refractivity contribution in [3.8, 4) is 0 Å². The van der Waals surface area contributed by atoms with E-state index in [0.29, 0.717) is 10.1 Å². The molecule has 0 amide bonds. The number of oxazole rings is 1. The Morgan fingerprint density at radius 1 is 1.47 bits per heavy atom. The van der Waals surface area contributed by atoms with Crippen LogP contribution in [0.1, 0.15) is 24.2 Å². The lowest BCUT2D eigenvalue weighted by molar-refractivity contribution is 0.453. The molecule has 17 heavy (non-hydrogen) atoms. The van der Waals surface area contributed by atoms with E-state index in [-0.39, 0.29) is 11.9 Å². The Morgan fingerprint density at radius 2 is 2.24 bits per heavy atom. The maximum Gasteiger partial charge on any atom is 0.260 e. The molecule has 0 fully saturated rings. The lowest BCUT2D eigenvalue weighted by atomic mass is 10.1.